The van der Waals surface area contributed by atoms with E-state index in [1.807, 2.05) is 94.7 Å². The molecular formula is C41H50N4O4. The molecule has 8 heteroatoms. The fourth-order valence-corrected chi connectivity index (χ4v) is 6.22. The molecule has 1 aliphatic rings. The molecule has 2 heterocycles. The monoisotopic (exact) mass is 662 g/mol. The van der Waals surface area contributed by atoms with E-state index in [0.717, 1.165) is 47.6 Å². The number of ether oxygens (including phenoxy) is 2. The van der Waals surface area contributed by atoms with Crippen molar-refractivity contribution >= 4 is 17.5 Å². The van der Waals surface area contributed by atoms with Crippen molar-refractivity contribution in [1.29, 1.82) is 0 Å². The van der Waals surface area contributed by atoms with Gasteiger partial charge in [0.2, 0.25) is 5.91 Å². The molecule has 258 valence electrons. The Balaban J connectivity index is 1.50. The van der Waals surface area contributed by atoms with Gasteiger partial charge in [-0.15, -0.1) is 0 Å². The normalized spacial score (nSPS) is 14.4. The molecule has 2 amide bonds. The number of fused-ring (bicyclic) bond motifs is 1. The zero-order chi connectivity index (χ0) is 34.9. The van der Waals surface area contributed by atoms with Crippen LogP contribution in [0.5, 0.6) is 11.5 Å². The predicted octanol–water partition coefficient (Wildman–Crippen LogP) is 7.82. The molecule has 0 aliphatic carbocycles. The molecule has 0 N–H and O–H groups in total. The van der Waals surface area contributed by atoms with Crippen LogP contribution in [0, 0.1) is 5.92 Å². The summed E-state index contributed by atoms with van der Waals surface area (Å²) in [7, 11) is 3.72. The summed E-state index contributed by atoms with van der Waals surface area (Å²) in [5.74, 6) is 1.68. The average Bonchev–Trinajstić information content (AvgIpc) is 3.13. The fourth-order valence-electron chi connectivity index (χ4n) is 6.22. The fraction of sp³-hybridized carbons (Fsp3) is 0.390. The molecule has 4 aromatic rings. The van der Waals surface area contributed by atoms with Crippen molar-refractivity contribution in [2.75, 3.05) is 45.2 Å². The lowest BCUT2D eigenvalue weighted by atomic mass is 9.99. The van der Waals surface area contributed by atoms with Gasteiger partial charge in [-0.25, -0.2) is 0 Å². The molecule has 5 rings (SSSR count). The van der Waals surface area contributed by atoms with Crippen molar-refractivity contribution in [3.63, 3.8) is 0 Å². The first-order chi connectivity index (χ1) is 23.6. The van der Waals surface area contributed by atoms with E-state index in [1.165, 1.54) is 0 Å². The lowest BCUT2D eigenvalue weighted by Crippen LogP contribution is -2.38. The minimum Gasteiger partial charge on any atom is -0.497 e. The van der Waals surface area contributed by atoms with Gasteiger partial charge in [0.05, 0.1) is 24.1 Å². The second-order valence-electron chi connectivity index (χ2n) is 13.6. The highest BCUT2D eigenvalue weighted by Gasteiger charge is 2.27. The van der Waals surface area contributed by atoms with E-state index in [2.05, 4.69) is 39.6 Å². The van der Waals surface area contributed by atoms with Crippen LogP contribution in [-0.2, 0) is 17.9 Å². The van der Waals surface area contributed by atoms with Crippen LogP contribution in [0.1, 0.15) is 73.6 Å². The van der Waals surface area contributed by atoms with Gasteiger partial charge in [-0.3, -0.25) is 14.6 Å². The van der Waals surface area contributed by atoms with Gasteiger partial charge in [-0.05, 0) is 79.4 Å². The Hall–Kier alpha value is -4.69. The van der Waals surface area contributed by atoms with Gasteiger partial charge in [0.25, 0.3) is 5.91 Å². The minimum absolute atomic E-state index is 0.0127. The lowest BCUT2D eigenvalue weighted by molar-refractivity contribution is -0.119. The third kappa shape index (κ3) is 9.06. The first kappa shape index (κ1) is 35.6. The zero-order valence-corrected chi connectivity index (χ0v) is 29.8. The first-order valence-corrected chi connectivity index (χ1v) is 17.4. The van der Waals surface area contributed by atoms with Crippen LogP contribution in [0.3, 0.4) is 0 Å². The third-order valence-electron chi connectivity index (χ3n) is 8.89. The standard InChI is InChI=1S/C41H50N4O4/c1-29(2)25-39(46)45-22-12-21-43(5)23-24-44(27-32-15-10-11-16-37(32)45)41(47)34-18-19-36(42-40(34)30(3)4)35-26-33(48-6)17-20-38(35)49-28-31-13-8-7-9-14-31/h7-11,13-20,26,29-30H,12,21-25,27-28H2,1-6H3. The second kappa shape index (κ2) is 16.6. The van der Waals surface area contributed by atoms with Gasteiger partial charge in [0.15, 0.2) is 0 Å². The zero-order valence-electron chi connectivity index (χ0n) is 29.8. The van der Waals surface area contributed by atoms with Crippen molar-refractivity contribution in [2.24, 2.45) is 5.92 Å². The summed E-state index contributed by atoms with van der Waals surface area (Å²) < 4.78 is 11.9. The average molecular weight is 663 g/mol. The number of pyridine rings is 1. The smallest absolute Gasteiger partial charge is 0.256 e. The van der Waals surface area contributed by atoms with Gasteiger partial charge in [0, 0.05) is 43.9 Å². The number of amides is 2. The number of hydrogen-bond donors (Lipinski definition) is 0. The predicted molar refractivity (Wildman–Crippen MR) is 196 cm³/mol. The topological polar surface area (TPSA) is 75.2 Å². The summed E-state index contributed by atoms with van der Waals surface area (Å²) in [6.45, 7) is 11.8. The number of hydrogen-bond acceptors (Lipinski definition) is 6. The Bertz CT molecular complexity index is 1720. The van der Waals surface area contributed by atoms with Crippen LogP contribution in [0.15, 0.2) is 84.9 Å². The Labute approximate surface area is 291 Å². The summed E-state index contributed by atoms with van der Waals surface area (Å²) in [4.78, 5) is 39.3. The largest absolute Gasteiger partial charge is 0.497 e. The molecule has 0 radical (unpaired) electrons. The van der Waals surface area contributed by atoms with Crippen LogP contribution in [0.4, 0.5) is 5.69 Å². The molecule has 0 saturated heterocycles. The number of para-hydroxylation sites is 1. The Kier molecular flexibility index (Phi) is 12.1. The summed E-state index contributed by atoms with van der Waals surface area (Å²) in [5, 5.41) is 0. The van der Waals surface area contributed by atoms with Gasteiger partial charge in [-0.2, -0.15) is 0 Å². The van der Waals surface area contributed by atoms with Gasteiger partial charge < -0.3 is 24.2 Å². The SMILES string of the molecule is COc1ccc(OCc2ccccc2)c(-c2ccc(C(=O)N3CCN(C)CCCN(C(=O)CC(C)C)c4ccccc4C3)c(C(C)C)n2)c1. The van der Waals surface area contributed by atoms with E-state index in [9.17, 15) is 9.59 Å². The number of anilines is 1. The van der Waals surface area contributed by atoms with Crippen molar-refractivity contribution in [3.05, 3.63) is 107 Å². The molecule has 0 bridgehead atoms. The number of benzene rings is 3. The van der Waals surface area contributed by atoms with Crippen LogP contribution >= 0.6 is 0 Å². The van der Waals surface area contributed by atoms with Gasteiger partial charge in [0.1, 0.15) is 18.1 Å². The van der Waals surface area contributed by atoms with Crippen LogP contribution in [-0.4, -0.2) is 66.9 Å². The maximum atomic E-state index is 14.6. The number of carbonyl (C=O) groups excluding carboxylic acids is 2. The minimum atomic E-state index is -0.0727. The molecule has 0 unspecified atom stereocenters. The van der Waals surface area contributed by atoms with Crippen LogP contribution in [0.25, 0.3) is 11.3 Å². The molecule has 8 nitrogen and oxygen atoms in total. The van der Waals surface area contributed by atoms with E-state index >= 15 is 0 Å². The van der Waals surface area contributed by atoms with E-state index < -0.39 is 0 Å². The molecule has 1 aromatic heterocycles. The van der Waals surface area contributed by atoms with E-state index in [1.54, 1.807) is 7.11 Å². The summed E-state index contributed by atoms with van der Waals surface area (Å²) in [6.07, 6.45) is 1.34. The van der Waals surface area contributed by atoms with Gasteiger partial charge in [-0.1, -0.05) is 76.2 Å². The Morgan fingerprint density at radius 2 is 1.61 bits per heavy atom. The summed E-state index contributed by atoms with van der Waals surface area (Å²) in [6, 6.07) is 27.6. The van der Waals surface area contributed by atoms with E-state index in [4.69, 9.17) is 14.5 Å². The highest BCUT2D eigenvalue weighted by Crippen LogP contribution is 2.35. The number of methoxy groups -OCH3 is 1. The number of carbonyl (C=O) groups is 2. The highest BCUT2D eigenvalue weighted by atomic mass is 16.5. The maximum Gasteiger partial charge on any atom is 0.256 e. The quantitative estimate of drug-likeness (QED) is 0.182. The summed E-state index contributed by atoms with van der Waals surface area (Å²) in [5.41, 5.74) is 5.73. The molecule has 0 atom stereocenters. The number of aromatic nitrogens is 1. The molecule has 3 aromatic carbocycles. The van der Waals surface area contributed by atoms with Crippen LogP contribution in [0.2, 0.25) is 0 Å². The maximum absolute atomic E-state index is 14.6. The first-order valence-electron chi connectivity index (χ1n) is 17.4. The van der Waals surface area contributed by atoms with E-state index in [0.29, 0.717) is 55.4 Å². The molecule has 49 heavy (non-hydrogen) atoms. The lowest BCUT2D eigenvalue weighted by Gasteiger charge is -2.29. The van der Waals surface area contributed by atoms with Crippen molar-refractivity contribution in [3.8, 4) is 22.8 Å². The molecule has 0 fully saturated rings. The molecule has 0 spiro atoms. The number of likely N-dealkylation sites (N-methyl/N-ethyl adjacent to an activating group) is 1. The Morgan fingerprint density at radius 1 is 0.857 bits per heavy atom. The molecule has 1 aliphatic heterocycles. The highest BCUT2D eigenvalue weighted by molar-refractivity contribution is 5.97. The summed E-state index contributed by atoms with van der Waals surface area (Å²) >= 11 is 0. The number of rotatable bonds is 9. The van der Waals surface area contributed by atoms with E-state index in [-0.39, 0.29) is 23.7 Å². The van der Waals surface area contributed by atoms with Crippen molar-refractivity contribution in [1.82, 2.24) is 14.8 Å². The molecule has 0 saturated carbocycles. The second-order valence-corrected chi connectivity index (χ2v) is 13.6. The Morgan fingerprint density at radius 3 is 2.35 bits per heavy atom. The van der Waals surface area contributed by atoms with Crippen molar-refractivity contribution < 1.29 is 19.1 Å². The number of nitrogens with zero attached hydrogens (tertiary/aromatic N) is 4. The van der Waals surface area contributed by atoms with Gasteiger partial charge >= 0.3 is 0 Å². The third-order valence-corrected chi connectivity index (χ3v) is 8.89. The molecular weight excluding hydrogens is 612 g/mol. The van der Waals surface area contributed by atoms with Crippen molar-refractivity contribution in [2.45, 2.75) is 59.6 Å². The van der Waals surface area contributed by atoms with Crippen LogP contribution < -0.4 is 14.4 Å².